The number of ether oxygens (including phenoxy) is 1. The number of benzene rings is 1. The second-order valence-corrected chi connectivity index (χ2v) is 4.75. The summed E-state index contributed by atoms with van der Waals surface area (Å²) in [5.41, 5.74) is 3.76. The highest BCUT2D eigenvalue weighted by molar-refractivity contribution is 9.10. The molecule has 1 rings (SSSR count). The van der Waals surface area contributed by atoms with Gasteiger partial charge in [-0.3, -0.25) is 11.3 Å². The van der Waals surface area contributed by atoms with Crippen molar-refractivity contribution in [1.29, 1.82) is 0 Å². The average Bonchev–Trinajstić information content (AvgIpc) is 2.32. The number of halogens is 2. The third-order valence-corrected chi connectivity index (χ3v) is 3.56. The zero-order valence-corrected chi connectivity index (χ0v) is 11.6. The molecular formula is C12H18BrFN2O. The number of nitrogens with one attached hydrogen (secondary N) is 1. The van der Waals surface area contributed by atoms with Crippen molar-refractivity contribution in [2.75, 3.05) is 7.11 Å². The normalized spacial score (nSPS) is 14.6. The molecule has 1 aromatic rings. The Labute approximate surface area is 110 Å². The van der Waals surface area contributed by atoms with Crippen LogP contribution < -0.4 is 11.3 Å². The number of nitrogens with two attached hydrogens (primary N) is 1. The van der Waals surface area contributed by atoms with E-state index in [0.717, 1.165) is 16.5 Å². The minimum atomic E-state index is -0.253. The Hall–Kier alpha value is -0.490. The molecule has 1 aromatic carbocycles. The molecule has 0 aromatic heterocycles. The molecule has 0 aliphatic carbocycles. The molecule has 0 bridgehead atoms. The van der Waals surface area contributed by atoms with Crippen LogP contribution >= 0.6 is 15.9 Å². The van der Waals surface area contributed by atoms with Crippen LogP contribution in [0.15, 0.2) is 22.7 Å². The summed E-state index contributed by atoms with van der Waals surface area (Å²) in [6, 6.07) is 4.66. The maximum absolute atomic E-state index is 13.0. The summed E-state index contributed by atoms with van der Waals surface area (Å²) in [5, 5.41) is 0. The van der Waals surface area contributed by atoms with Gasteiger partial charge in [0.25, 0.3) is 0 Å². The number of hydrazine groups is 1. The summed E-state index contributed by atoms with van der Waals surface area (Å²) in [5.74, 6) is 5.28. The van der Waals surface area contributed by atoms with Crippen LogP contribution in [0.5, 0.6) is 0 Å². The lowest BCUT2D eigenvalue weighted by atomic mass is 10.00. The smallest absolute Gasteiger partial charge is 0.124 e. The van der Waals surface area contributed by atoms with Gasteiger partial charge in [0.15, 0.2) is 0 Å². The summed E-state index contributed by atoms with van der Waals surface area (Å²) >= 11 is 3.35. The van der Waals surface area contributed by atoms with Crippen molar-refractivity contribution in [3.63, 3.8) is 0 Å². The highest BCUT2D eigenvalue weighted by Gasteiger charge is 2.19. The second kappa shape index (κ2) is 7.06. The van der Waals surface area contributed by atoms with Gasteiger partial charge >= 0.3 is 0 Å². The number of methoxy groups -OCH3 is 1. The van der Waals surface area contributed by atoms with Gasteiger partial charge < -0.3 is 4.74 Å². The third kappa shape index (κ3) is 4.03. The summed E-state index contributed by atoms with van der Waals surface area (Å²) in [7, 11) is 1.66. The third-order valence-electron chi connectivity index (χ3n) is 2.82. The van der Waals surface area contributed by atoms with Crippen LogP contribution in [0.25, 0.3) is 0 Å². The fraction of sp³-hybridized carbons (Fsp3) is 0.500. The lowest BCUT2D eigenvalue weighted by molar-refractivity contribution is 0.0653. The Bertz CT molecular complexity index is 358. The Balaban J connectivity index is 2.80. The van der Waals surface area contributed by atoms with E-state index in [0.29, 0.717) is 6.42 Å². The molecular weight excluding hydrogens is 287 g/mol. The Morgan fingerprint density at radius 2 is 2.24 bits per heavy atom. The molecule has 0 amide bonds. The minimum Gasteiger partial charge on any atom is -0.380 e. The van der Waals surface area contributed by atoms with Gasteiger partial charge in [0.2, 0.25) is 0 Å². The van der Waals surface area contributed by atoms with Gasteiger partial charge in [0.1, 0.15) is 5.82 Å². The van der Waals surface area contributed by atoms with Crippen molar-refractivity contribution in [2.24, 2.45) is 5.84 Å². The van der Waals surface area contributed by atoms with Gasteiger partial charge in [0, 0.05) is 11.6 Å². The molecule has 3 N–H and O–H groups in total. The number of hydrogen-bond donors (Lipinski definition) is 2. The molecule has 0 spiro atoms. The zero-order chi connectivity index (χ0) is 12.8. The van der Waals surface area contributed by atoms with Crippen LogP contribution in [0.1, 0.15) is 18.9 Å². The fourth-order valence-corrected chi connectivity index (χ4v) is 2.35. The van der Waals surface area contributed by atoms with Crippen LogP contribution in [0.3, 0.4) is 0 Å². The first-order valence-electron chi connectivity index (χ1n) is 5.55. The van der Waals surface area contributed by atoms with Gasteiger partial charge in [0.05, 0.1) is 12.1 Å². The standard InChI is InChI=1S/C12H18BrFN2O/c1-3-12(17-2)11(16-15)6-8-4-5-9(14)7-10(8)13/h4-5,7,11-12,16H,3,6,15H2,1-2H3. The monoisotopic (exact) mass is 304 g/mol. The SMILES string of the molecule is CCC(OC)C(Cc1ccc(F)cc1Br)NN. The Kier molecular flexibility index (Phi) is 6.05. The zero-order valence-electron chi connectivity index (χ0n) is 10.0. The van der Waals surface area contributed by atoms with Gasteiger partial charge in [-0.15, -0.1) is 0 Å². The maximum atomic E-state index is 13.0. The van der Waals surface area contributed by atoms with Gasteiger partial charge in [-0.1, -0.05) is 28.9 Å². The van der Waals surface area contributed by atoms with E-state index < -0.39 is 0 Å². The minimum absolute atomic E-state index is 0.00626. The van der Waals surface area contributed by atoms with E-state index in [2.05, 4.69) is 21.4 Å². The molecule has 2 unspecified atom stereocenters. The van der Waals surface area contributed by atoms with Gasteiger partial charge in [-0.2, -0.15) is 0 Å². The van der Waals surface area contributed by atoms with Gasteiger partial charge in [-0.05, 0) is 30.5 Å². The quantitative estimate of drug-likeness (QED) is 0.627. The molecule has 0 heterocycles. The summed E-state index contributed by atoms with van der Waals surface area (Å²) in [6.07, 6.45) is 1.59. The van der Waals surface area contributed by atoms with Crippen LogP contribution in [-0.2, 0) is 11.2 Å². The van der Waals surface area contributed by atoms with Crippen molar-refractivity contribution < 1.29 is 9.13 Å². The van der Waals surface area contributed by atoms with Crippen LogP contribution in [0, 0.1) is 5.82 Å². The lowest BCUT2D eigenvalue weighted by Crippen LogP contribution is -2.46. The van der Waals surface area contributed by atoms with E-state index in [9.17, 15) is 4.39 Å². The van der Waals surface area contributed by atoms with Crippen LogP contribution in [-0.4, -0.2) is 19.3 Å². The highest BCUT2D eigenvalue weighted by Crippen LogP contribution is 2.21. The van der Waals surface area contributed by atoms with E-state index in [1.165, 1.54) is 12.1 Å². The number of rotatable bonds is 6. The molecule has 5 heteroatoms. The maximum Gasteiger partial charge on any atom is 0.124 e. The van der Waals surface area contributed by atoms with E-state index in [1.54, 1.807) is 13.2 Å². The molecule has 0 fully saturated rings. The van der Waals surface area contributed by atoms with E-state index in [-0.39, 0.29) is 18.0 Å². The Morgan fingerprint density at radius 3 is 2.71 bits per heavy atom. The molecule has 0 aliphatic heterocycles. The highest BCUT2D eigenvalue weighted by atomic mass is 79.9. The van der Waals surface area contributed by atoms with Crippen molar-refractivity contribution >= 4 is 15.9 Å². The summed E-state index contributed by atoms with van der Waals surface area (Å²) < 4.78 is 19.1. The first kappa shape index (κ1) is 14.6. The Morgan fingerprint density at radius 1 is 1.53 bits per heavy atom. The molecule has 2 atom stereocenters. The predicted molar refractivity (Wildman–Crippen MR) is 70.0 cm³/mol. The summed E-state index contributed by atoms with van der Waals surface area (Å²) in [4.78, 5) is 0. The van der Waals surface area contributed by atoms with Crippen LogP contribution in [0.4, 0.5) is 4.39 Å². The van der Waals surface area contributed by atoms with Crippen molar-refractivity contribution in [2.45, 2.75) is 31.9 Å². The molecule has 17 heavy (non-hydrogen) atoms. The lowest BCUT2D eigenvalue weighted by Gasteiger charge is -2.24. The fourth-order valence-electron chi connectivity index (χ4n) is 1.84. The van der Waals surface area contributed by atoms with Crippen molar-refractivity contribution in [3.05, 3.63) is 34.1 Å². The van der Waals surface area contributed by atoms with Gasteiger partial charge in [-0.25, -0.2) is 4.39 Å². The second-order valence-electron chi connectivity index (χ2n) is 3.90. The largest absolute Gasteiger partial charge is 0.380 e. The molecule has 0 radical (unpaired) electrons. The first-order chi connectivity index (χ1) is 8.12. The molecule has 3 nitrogen and oxygen atoms in total. The van der Waals surface area contributed by atoms with Crippen molar-refractivity contribution in [1.82, 2.24) is 5.43 Å². The van der Waals surface area contributed by atoms with Crippen molar-refractivity contribution in [3.8, 4) is 0 Å². The topological polar surface area (TPSA) is 47.3 Å². The molecule has 0 saturated carbocycles. The van der Waals surface area contributed by atoms with E-state index in [4.69, 9.17) is 10.6 Å². The van der Waals surface area contributed by atoms with Crippen LogP contribution in [0.2, 0.25) is 0 Å². The molecule has 0 saturated heterocycles. The molecule has 0 aliphatic rings. The first-order valence-corrected chi connectivity index (χ1v) is 6.34. The summed E-state index contributed by atoms with van der Waals surface area (Å²) in [6.45, 7) is 2.04. The number of hydrogen-bond acceptors (Lipinski definition) is 3. The van der Waals surface area contributed by atoms with E-state index >= 15 is 0 Å². The van der Waals surface area contributed by atoms with E-state index in [1.807, 2.05) is 6.92 Å². The molecule has 96 valence electrons. The predicted octanol–water partition coefficient (Wildman–Crippen LogP) is 2.39. The average molecular weight is 305 g/mol.